The highest BCUT2D eigenvalue weighted by Gasteiger charge is 2.28. The number of rotatable bonds is 7. The van der Waals surface area contributed by atoms with Crippen LogP contribution in [0.2, 0.25) is 0 Å². The molecule has 30 heavy (non-hydrogen) atoms. The smallest absolute Gasteiger partial charge is 0.355 e. The Morgan fingerprint density at radius 1 is 1.17 bits per heavy atom. The molecule has 1 aromatic carbocycles. The van der Waals surface area contributed by atoms with Crippen LogP contribution in [0.1, 0.15) is 57.6 Å². The Bertz CT molecular complexity index is 894. The van der Waals surface area contributed by atoms with Crippen molar-refractivity contribution in [3.8, 4) is 0 Å². The zero-order valence-corrected chi connectivity index (χ0v) is 17.5. The van der Waals surface area contributed by atoms with Gasteiger partial charge in [0.1, 0.15) is 11.5 Å². The maximum absolute atomic E-state index is 13.2. The zero-order chi connectivity index (χ0) is 21.7. The molecular weight excluding hydrogens is 391 g/mol. The Hall–Kier alpha value is -2.71. The number of hydrogen-bond donors (Lipinski definition) is 1. The van der Waals surface area contributed by atoms with Gasteiger partial charge in [-0.25, -0.2) is 14.0 Å². The molecule has 2 aromatic rings. The van der Waals surface area contributed by atoms with E-state index >= 15 is 0 Å². The van der Waals surface area contributed by atoms with Crippen molar-refractivity contribution in [3.05, 3.63) is 58.2 Å². The third-order valence-electron chi connectivity index (χ3n) is 5.06. The summed E-state index contributed by atoms with van der Waals surface area (Å²) in [7, 11) is 0. The molecule has 0 bridgehead atoms. The van der Waals surface area contributed by atoms with Gasteiger partial charge in [-0.05, 0) is 44.0 Å². The Balaban J connectivity index is 1.83. The first-order valence-corrected chi connectivity index (χ1v) is 10.1. The molecule has 0 spiro atoms. The Morgan fingerprint density at radius 2 is 1.83 bits per heavy atom. The number of aromatic nitrogens is 1. The molecule has 1 unspecified atom stereocenters. The van der Waals surface area contributed by atoms with Gasteiger partial charge >= 0.3 is 11.9 Å². The molecule has 0 saturated carbocycles. The van der Waals surface area contributed by atoms with E-state index < -0.39 is 11.9 Å². The summed E-state index contributed by atoms with van der Waals surface area (Å²) in [6.07, 6.45) is -0.203. The summed E-state index contributed by atoms with van der Waals surface area (Å²) in [5, 5.41) is 0. The van der Waals surface area contributed by atoms with Gasteiger partial charge in [0.25, 0.3) is 0 Å². The van der Waals surface area contributed by atoms with Crippen molar-refractivity contribution in [1.82, 2.24) is 9.88 Å². The number of H-pyrrole nitrogens is 1. The number of carbonyl (C=O) groups is 2. The molecule has 2 heterocycles. The number of esters is 2. The van der Waals surface area contributed by atoms with Gasteiger partial charge < -0.3 is 19.2 Å². The van der Waals surface area contributed by atoms with Gasteiger partial charge in [-0.3, -0.25) is 4.90 Å². The fourth-order valence-corrected chi connectivity index (χ4v) is 3.61. The number of aromatic amines is 1. The number of nitrogens with one attached hydrogen (secondary N) is 1. The second-order valence-electron chi connectivity index (χ2n) is 7.07. The lowest BCUT2D eigenvalue weighted by Gasteiger charge is -2.33. The molecule has 162 valence electrons. The molecule has 0 radical (unpaired) electrons. The van der Waals surface area contributed by atoms with Crippen LogP contribution in [0.4, 0.5) is 4.39 Å². The maximum atomic E-state index is 13.2. The maximum Gasteiger partial charge on any atom is 0.355 e. The van der Waals surface area contributed by atoms with E-state index in [-0.39, 0.29) is 30.8 Å². The van der Waals surface area contributed by atoms with Crippen LogP contribution in [-0.4, -0.2) is 54.7 Å². The molecule has 1 atom stereocenters. The predicted molar refractivity (Wildman–Crippen MR) is 108 cm³/mol. The molecule has 1 N–H and O–H groups in total. The fourth-order valence-electron chi connectivity index (χ4n) is 3.61. The van der Waals surface area contributed by atoms with Crippen LogP contribution in [0.15, 0.2) is 24.3 Å². The van der Waals surface area contributed by atoms with E-state index in [1.54, 1.807) is 32.9 Å². The average Bonchev–Trinajstić information content (AvgIpc) is 3.05. The van der Waals surface area contributed by atoms with E-state index in [4.69, 9.17) is 14.2 Å². The summed E-state index contributed by atoms with van der Waals surface area (Å²) in [5.74, 6) is -1.27. The van der Waals surface area contributed by atoms with Gasteiger partial charge in [0.2, 0.25) is 0 Å². The summed E-state index contributed by atoms with van der Waals surface area (Å²) in [6, 6.07) is 6.25. The number of hydrogen-bond acceptors (Lipinski definition) is 6. The van der Waals surface area contributed by atoms with Crippen molar-refractivity contribution in [2.24, 2.45) is 0 Å². The van der Waals surface area contributed by atoms with Crippen LogP contribution in [0.3, 0.4) is 0 Å². The highest BCUT2D eigenvalue weighted by molar-refractivity contribution is 5.98. The molecule has 1 aromatic heterocycles. The van der Waals surface area contributed by atoms with Crippen molar-refractivity contribution < 1.29 is 28.2 Å². The first-order valence-electron chi connectivity index (χ1n) is 10.1. The molecule has 1 aliphatic heterocycles. The number of benzene rings is 1. The first-order chi connectivity index (χ1) is 14.4. The summed E-state index contributed by atoms with van der Waals surface area (Å²) in [5.41, 5.74) is 2.64. The minimum absolute atomic E-state index is 0.203. The van der Waals surface area contributed by atoms with Crippen molar-refractivity contribution in [3.63, 3.8) is 0 Å². The van der Waals surface area contributed by atoms with E-state index in [1.807, 2.05) is 0 Å². The van der Waals surface area contributed by atoms with Gasteiger partial charge in [0, 0.05) is 25.3 Å². The van der Waals surface area contributed by atoms with E-state index in [0.29, 0.717) is 43.1 Å². The van der Waals surface area contributed by atoms with Gasteiger partial charge in [0.05, 0.1) is 31.5 Å². The van der Waals surface area contributed by atoms with Crippen LogP contribution >= 0.6 is 0 Å². The predicted octanol–water partition coefficient (Wildman–Crippen LogP) is 3.39. The number of nitrogens with zero attached hydrogens (tertiary/aromatic N) is 1. The second kappa shape index (κ2) is 9.86. The summed E-state index contributed by atoms with van der Waals surface area (Å²) in [6.45, 7) is 7.79. The van der Waals surface area contributed by atoms with Crippen LogP contribution < -0.4 is 0 Å². The van der Waals surface area contributed by atoms with E-state index in [2.05, 4.69) is 9.88 Å². The van der Waals surface area contributed by atoms with Gasteiger partial charge in [0.15, 0.2) is 0 Å². The van der Waals surface area contributed by atoms with Crippen LogP contribution in [0.5, 0.6) is 0 Å². The second-order valence-corrected chi connectivity index (χ2v) is 7.07. The molecule has 8 heteroatoms. The first kappa shape index (κ1) is 22.0. The molecule has 1 aliphatic rings. The lowest BCUT2D eigenvalue weighted by Crippen LogP contribution is -2.38. The normalized spacial score (nSPS) is 17.0. The van der Waals surface area contributed by atoms with E-state index in [0.717, 1.165) is 5.56 Å². The molecular formula is C22H27FN2O5. The number of halogens is 1. The van der Waals surface area contributed by atoms with E-state index in [1.165, 1.54) is 12.1 Å². The molecule has 7 nitrogen and oxygen atoms in total. The average molecular weight is 418 g/mol. The Labute approximate surface area is 175 Å². The van der Waals surface area contributed by atoms with Gasteiger partial charge in [-0.15, -0.1) is 0 Å². The number of ether oxygens (including phenoxy) is 3. The van der Waals surface area contributed by atoms with Crippen LogP contribution in [-0.2, 0) is 20.8 Å². The van der Waals surface area contributed by atoms with Crippen molar-refractivity contribution in [1.29, 1.82) is 0 Å². The monoisotopic (exact) mass is 418 g/mol. The summed E-state index contributed by atoms with van der Waals surface area (Å²) >= 11 is 0. The van der Waals surface area contributed by atoms with Gasteiger partial charge in [-0.1, -0.05) is 12.1 Å². The highest BCUT2D eigenvalue weighted by Crippen LogP contribution is 2.26. The van der Waals surface area contributed by atoms with Crippen molar-refractivity contribution >= 4 is 11.9 Å². The minimum Gasteiger partial charge on any atom is -0.462 e. The number of morpholine rings is 1. The summed E-state index contributed by atoms with van der Waals surface area (Å²) < 4.78 is 29.4. The molecule has 1 fully saturated rings. The zero-order valence-electron chi connectivity index (χ0n) is 17.5. The third kappa shape index (κ3) is 4.88. The van der Waals surface area contributed by atoms with Crippen LogP contribution in [0.25, 0.3) is 0 Å². The fraction of sp³-hybridized carbons (Fsp3) is 0.455. The quantitative estimate of drug-likeness (QED) is 0.695. The molecule has 0 aliphatic carbocycles. The standard InChI is InChI=1S/C22H27FN2O5/c1-4-28-21(26)19-14(3)20(22(27)29-5-2)24-17(19)12-25-10-11-30-18(13-25)15-6-8-16(23)9-7-15/h6-9,18,24H,4-5,10-13H2,1-3H3. The number of carbonyl (C=O) groups excluding carboxylic acids is 2. The summed E-state index contributed by atoms with van der Waals surface area (Å²) in [4.78, 5) is 30.1. The van der Waals surface area contributed by atoms with E-state index in [9.17, 15) is 14.0 Å². The van der Waals surface area contributed by atoms with Crippen LogP contribution in [0, 0.1) is 12.7 Å². The molecule has 1 saturated heterocycles. The Morgan fingerprint density at radius 3 is 2.50 bits per heavy atom. The molecule has 0 amide bonds. The highest BCUT2D eigenvalue weighted by atomic mass is 19.1. The topological polar surface area (TPSA) is 80.9 Å². The van der Waals surface area contributed by atoms with Crippen molar-refractivity contribution in [2.45, 2.75) is 33.4 Å². The molecule has 3 rings (SSSR count). The lowest BCUT2D eigenvalue weighted by atomic mass is 10.1. The van der Waals surface area contributed by atoms with Gasteiger partial charge in [-0.2, -0.15) is 0 Å². The SMILES string of the molecule is CCOC(=O)c1[nH]c(CN2CCOC(c3ccc(F)cc3)C2)c(C(=O)OCC)c1C. The lowest BCUT2D eigenvalue weighted by molar-refractivity contribution is -0.0333. The minimum atomic E-state index is -0.502. The van der Waals surface area contributed by atoms with Crippen molar-refractivity contribution in [2.75, 3.05) is 32.9 Å². The third-order valence-corrected chi connectivity index (χ3v) is 5.06. The largest absolute Gasteiger partial charge is 0.462 e. The Kier molecular flexibility index (Phi) is 7.23.